The second-order valence-electron chi connectivity index (χ2n) is 10.3. The van der Waals surface area contributed by atoms with Crippen molar-refractivity contribution >= 4 is 17.0 Å². The smallest absolute Gasteiger partial charge is 0.00187 e. The van der Waals surface area contributed by atoms with E-state index in [0.29, 0.717) is 0 Å². The van der Waals surface area contributed by atoms with Crippen molar-refractivity contribution in [1.29, 1.82) is 0 Å². The van der Waals surface area contributed by atoms with Crippen molar-refractivity contribution in [3.63, 3.8) is 0 Å². The first-order chi connectivity index (χ1) is 15.3. The fourth-order valence-corrected chi connectivity index (χ4v) is 4.74. The van der Waals surface area contributed by atoms with Crippen LogP contribution in [0.2, 0.25) is 0 Å². The van der Waals surface area contributed by atoms with Crippen LogP contribution in [0.25, 0.3) is 0 Å². The minimum absolute atomic E-state index is 0. The van der Waals surface area contributed by atoms with Crippen molar-refractivity contribution < 1.29 is 0 Å². The second kappa shape index (κ2) is 31.4. The molecule has 196 valence electrons. The normalized spacial score (nSPS) is 11.2. The van der Waals surface area contributed by atoms with E-state index in [0.717, 1.165) is 0 Å². The van der Waals surface area contributed by atoms with Crippen molar-refractivity contribution in [3.05, 3.63) is 0 Å². The molecule has 0 N–H and O–H groups in total. The van der Waals surface area contributed by atoms with Crippen LogP contribution in [0.1, 0.15) is 175 Å². The fourth-order valence-electron chi connectivity index (χ4n) is 4.74. The molecule has 1 nitrogen and oxygen atoms in total. The van der Waals surface area contributed by atoms with E-state index in [1.165, 1.54) is 174 Å². The summed E-state index contributed by atoms with van der Waals surface area (Å²) in [5.41, 5.74) is 0. The zero-order valence-corrected chi connectivity index (χ0v) is 24.7. The summed E-state index contributed by atoms with van der Waals surface area (Å²) in [6.07, 6.45) is 34.6. The largest absolute Gasteiger partial charge is 0.303 e. The van der Waals surface area contributed by atoms with Crippen LogP contribution < -0.4 is 0 Å². The predicted molar refractivity (Wildman–Crippen MR) is 155 cm³/mol. The standard InChI is InChI=1S/C30H63N.BrH/c1-4-7-10-13-16-19-22-25-28-31(29-26-23-20-17-14-11-8-5-2)30-27-24-21-18-15-12-9-6-3;/h4-30H2,1-3H3;1H. The van der Waals surface area contributed by atoms with Gasteiger partial charge in [-0.3, -0.25) is 0 Å². The van der Waals surface area contributed by atoms with Gasteiger partial charge in [-0.15, -0.1) is 17.0 Å². The predicted octanol–water partition coefficient (Wildman–Crippen LogP) is 11.3. The molecule has 0 heterocycles. The maximum absolute atomic E-state index is 2.82. The highest BCUT2D eigenvalue weighted by atomic mass is 79.9. The fraction of sp³-hybridized carbons (Fsp3) is 1.00. The van der Waals surface area contributed by atoms with Gasteiger partial charge in [-0.1, -0.05) is 156 Å². The van der Waals surface area contributed by atoms with Gasteiger partial charge < -0.3 is 4.90 Å². The van der Waals surface area contributed by atoms with Crippen molar-refractivity contribution in [2.75, 3.05) is 19.6 Å². The second-order valence-corrected chi connectivity index (χ2v) is 10.3. The lowest BCUT2D eigenvalue weighted by molar-refractivity contribution is 0.254. The van der Waals surface area contributed by atoms with E-state index in [-0.39, 0.29) is 17.0 Å². The van der Waals surface area contributed by atoms with Crippen LogP contribution in [0.15, 0.2) is 0 Å². The molecule has 32 heavy (non-hydrogen) atoms. The summed E-state index contributed by atoms with van der Waals surface area (Å²) >= 11 is 0. The number of hydrogen-bond donors (Lipinski definition) is 0. The quantitative estimate of drug-likeness (QED) is 0.0977. The molecular weight excluding hydrogens is 454 g/mol. The molecule has 0 fully saturated rings. The average molecular weight is 519 g/mol. The summed E-state index contributed by atoms with van der Waals surface area (Å²) in [6.45, 7) is 11.0. The number of unbranched alkanes of at least 4 members (excludes halogenated alkanes) is 21. The van der Waals surface area contributed by atoms with E-state index in [9.17, 15) is 0 Å². The van der Waals surface area contributed by atoms with E-state index in [2.05, 4.69) is 25.7 Å². The van der Waals surface area contributed by atoms with E-state index < -0.39 is 0 Å². The molecule has 0 aliphatic heterocycles. The molecule has 2 heteroatoms. The van der Waals surface area contributed by atoms with Crippen LogP contribution in [-0.2, 0) is 0 Å². The van der Waals surface area contributed by atoms with Crippen LogP contribution in [-0.4, -0.2) is 24.5 Å². The maximum atomic E-state index is 2.82. The molecule has 0 rings (SSSR count). The van der Waals surface area contributed by atoms with Crippen molar-refractivity contribution in [1.82, 2.24) is 4.90 Å². The highest BCUT2D eigenvalue weighted by molar-refractivity contribution is 8.93. The van der Waals surface area contributed by atoms with Gasteiger partial charge in [0.2, 0.25) is 0 Å². The summed E-state index contributed by atoms with van der Waals surface area (Å²) in [7, 11) is 0. The lowest BCUT2D eigenvalue weighted by atomic mass is 10.1. The summed E-state index contributed by atoms with van der Waals surface area (Å²) in [4.78, 5) is 2.82. The molecular formula is C30H64BrN. The number of nitrogens with zero attached hydrogens (tertiary/aromatic N) is 1. The Morgan fingerprint density at radius 2 is 0.469 bits per heavy atom. The highest BCUT2D eigenvalue weighted by Crippen LogP contribution is 2.13. The molecule has 0 radical (unpaired) electrons. The minimum Gasteiger partial charge on any atom is -0.303 e. The van der Waals surface area contributed by atoms with Crippen LogP contribution in [0, 0.1) is 0 Å². The molecule has 0 spiro atoms. The third kappa shape index (κ3) is 28.5. The summed E-state index contributed by atoms with van der Waals surface area (Å²) in [5.74, 6) is 0. The van der Waals surface area contributed by atoms with Crippen LogP contribution in [0.5, 0.6) is 0 Å². The van der Waals surface area contributed by atoms with E-state index >= 15 is 0 Å². The first-order valence-electron chi connectivity index (χ1n) is 15.1. The van der Waals surface area contributed by atoms with Crippen LogP contribution >= 0.6 is 17.0 Å². The van der Waals surface area contributed by atoms with E-state index in [1.54, 1.807) is 0 Å². The summed E-state index contributed by atoms with van der Waals surface area (Å²) < 4.78 is 0. The zero-order valence-electron chi connectivity index (χ0n) is 22.9. The molecule has 0 bridgehead atoms. The van der Waals surface area contributed by atoms with Crippen molar-refractivity contribution in [3.8, 4) is 0 Å². The maximum Gasteiger partial charge on any atom is -0.00187 e. The third-order valence-corrected chi connectivity index (χ3v) is 6.98. The van der Waals surface area contributed by atoms with Gasteiger partial charge in [-0.05, 0) is 38.9 Å². The third-order valence-electron chi connectivity index (χ3n) is 6.98. The summed E-state index contributed by atoms with van der Waals surface area (Å²) in [5, 5.41) is 0. The van der Waals surface area contributed by atoms with Gasteiger partial charge in [0.15, 0.2) is 0 Å². The Morgan fingerprint density at radius 1 is 0.281 bits per heavy atom. The Labute approximate surface area is 216 Å². The average Bonchev–Trinajstić information content (AvgIpc) is 2.78. The first kappa shape index (κ1) is 34.6. The topological polar surface area (TPSA) is 3.24 Å². The first-order valence-corrected chi connectivity index (χ1v) is 15.1. The van der Waals surface area contributed by atoms with Crippen molar-refractivity contribution in [2.24, 2.45) is 0 Å². The van der Waals surface area contributed by atoms with Gasteiger partial charge in [0.25, 0.3) is 0 Å². The van der Waals surface area contributed by atoms with Gasteiger partial charge in [-0.2, -0.15) is 0 Å². The highest BCUT2D eigenvalue weighted by Gasteiger charge is 2.05. The number of halogens is 1. The Balaban J connectivity index is 0. The lowest BCUT2D eigenvalue weighted by Crippen LogP contribution is -2.27. The Hall–Kier alpha value is 0.440. The molecule has 0 saturated carbocycles. The number of hydrogen-bond acceptors (Lipinski definition) is 1. The van der Waals surface area contributed by atoms with Gasteiger partial charge >= 0.3 is 0 Å². The van der Waals surface area contributed by atoms with Gasteiger partial charge in [0, 0.05) is 0 Å². The Bertz CT molecular complexity index is 260. The van der Waals surface area contributed by atoms with Crippen LogP contribution in [0.3, 0.4) is 0 Å². The zero-order chi connectivity index (χ0) is 22.7. The molecule has 0 amide bonds. The van der Waals surface area contributed by atoms with Gasteiger partial charge in [0.05, 0.1) is 0 Å². The minimum atomic E-state index is 0. The lowest BCUT2D eigenvalue weighted by Gasteiger charge is -2.22. The molecule has 0 aromatic rings. The van der Waals surface area contributed by atoms with Gasteiger partial charge in [-0.25, -0.2) is 0 Å². The summed E-state index contributed by atoms with van der Waals surface area (Å²) in [6, 6.07) is 0. The Kier molecular flexibility index (Phi) is 34.0. The Morgan fingerprint density at radius 3 is 0.688 bits per heavy atom. The van der Waals surface area contributed by atoms with Gasteiger partial charge in [0.1, 0.15) is 0 Å². The molecule has 0 aliphatic rings. The van der Waals surface area contributed by atoms with E-state index in [1.807, 2.05) is 0 Å². The van der Waals surface area contributed by atoms with E-state index in [4.69, 9.17) is 0 Å². The molecule has 0 saturated heterocycles. The molecule has 0 aromatic heterocycles. The monoisotopic (exact) mass is 517 g/mol. The SMILES string of the molecule is Br.CCCCCCCCCCN(CCCCCCCCCC)CCCCCCCCCC. The van der Waals surface area contributed by atoms with Crippen molar-refractivity contribution in [2.45, 2.75) is 175 Å². The molecule has 0 atom stereocenters. The molecule has 0 aliphatic carbocycles. The molecule has 0 aromatic carbocycles. The molecule has 0 unspecified atom stereocenters. The number of rotatable bonds is 27. The van der Waals surface area contributed by atoms with Crippen LogP contribution in [0.4, 0.5) is 0 Å².